The van der Waals surface area contributed by atoms with Gasteiger partial charge in [0.15, 0.2) is 0 Å². The zero-order valence-electron chi connectivity index (χ0n) is 9.96. The molecule has 0 bridgehead atoms. The van der Waals surface area contributed by atoms with Crippen LogP contribution in [0.15, 0.2) is 24.4 Å². The molecule has 1 aromatic heterocycles. The van der Waals surface area contributed by atoms with Crippen molar-refractivity contribution >= 4 is 28.9 Å². The second-order valence-electron chi connectivity index (χ2n) is 3.86. The van der Waals surface area contributed by atoms with Gasteiger partial charge in [0, 0.05) is 12.1 Å². The lowest BCUT2D eigenvalue weighted by molar-refractivity contribution is -0.384. The molecule has 2 rings (SSSR count). The number of nitro benzene ring substituents is 1. The largest absolute Gasteiger partial charge is 0.271 e. The third-order valence-corrected chi connectivity index (χ3v) is 3.41. The van der Waals surface area contributed by atoms with Crippen LogP contribution in [0, 0.1) is 10.1 Å². The van der Waals surface area contributed by atoms with Gasteiger partial charge in [0.25, 0.3) is 5.69 Å². The zero-order valence-corrected chi connectivity index (χ0v) is 11.5. The van der Waals surface area contributed by atoms with Crippen molar-refractivity contribution < 1.29 is 4.92 Å². The standard InChI is InChI=1S/C11H10Cl2N4O2/c1-2-8(12)10-6-16(15-14-10)11-4-3-7(17(18)19)5-9(11)13/h3-6,8H,2H2,1H3. The minimum absolute atomic E-state index is 0.0714. The number of hydrogen-bond donors (Lipinski definition) is 0. The Kier molecular flexibility index (Phi) is 4.01. The lowest BCUT2D eigenvalue weighted by atomic mass is 10.2. The predicted molar refractivity (Wildman–Crippen MR) is 71.9 cm³/mol. The van der Waals surface area contributed by atoms with Gasteiger partial charge < -0.3 is 0 Å². The summed E-state index contributed by atoms with van der Waals surface area (Å²) >= 11 is 12.1. The van der Waals surface area contributed by atoms with Crippen LogP contribution < -0.4 is 0 Å². The van der Waals surface area contributed by atoms with Gasteiger partial charge in [0.2, 0.25) is 0 Å². The first-order valence-electron chi connectivity index (χ1n) is 5.53. The summed E-state index contributed by atoms with van der Waals surface area (Å²) in [6, 6.07) is 4.16. The van der Waals surface area contributed by atoms with E-state index in [1.807, 2.05) is 6.92 Å². The molecule has 1 heterocycles. The van der Waals surface area contributed by atoms with E-state index >= 15 is 0 Å². The molecule has 0 aliphatic rings. The van der Waals surface area contributed by atoms with Crippen molar-refractivity contribution in [1.82, 2.24) is 15.0 Å². The van der Waals surface area contributed by atoms with Crippen LogP contribution in [0.3, 0.4) is 0 Å². The highest BCUT2D eigenvalue weighted by Crippen LogP contribution is 2.27. The average Bonchev–Trinajstić information content (AvgIpc) is 2.87. The second kappa shape index (κ2) is 5.54. The molecule has 2 aromatic rings. The van der Waals surface area contributed by atoms with E-state index in [2.05, 4.69) is 10.3 Å². The van der Waals surface area contributed by atoms with Crippen LogP contribution in [0.25, 0.3) is 5.69 Å². The minimum Gasteiger partial charge on any atom is -0.258 e. The average molecular weight is 301 g/mol. The molecule has 0 N–H and O–H groups in total. The Morgan fingerprint density at radius 1 is 1.53 bits per heavy atom. The van der Waals surface area contributed by atoms with Gasteiger partial charge in [0.05, 0.1) is 27.2 Å². The molecule has 19 heavy (non-hydrogen) atoms. The Hall–Kier alpha value is -1.66. The highest BCUT2D eigenvalue weighted by Gasteiger charge is 2.14. The maximum Gasteiger partial charge on any atom is 0.271 e. The summed E-state index contributed by atoms with van der Waals surface area (Å²) in [6.45, 7) is 1.94. The van der Waals surface area contributed by atoms with Crippen molar-refractivity contribution in [3.8, 4) is 5.69 Å². The molecule has 1 atom stereocenters. The highest BCUT2D eigenvalue weighted by molar-refractivity contribution is 6.32. The first-order valence-corrected chi connectivity index (χ1v) is 6.35. The summed E-state index contributed by atoms with van der Waals surface area (Å²) in [5.74, 6) is 0. The van der Waals surface area contributed by atoms with Crippen molar-refractivity contribution in [2.24, 2.45) is 0 Å². The fraction of sp³-hybridized carbons (Fsp3) is 0.273. The smallest absolute Gasteiger partial charge is 0.258 e. The molecule has 0 radical (unpaired) electrons. The number of hydrogen-bond acceptors (Lipinski definition) is 4. The molecule has 0 saturated heterocycles. The van der Waals surface area contributed by atoms with Crippen LogP contribution in [0.4, 0.5) is 5.69 Å². The van der Waals surface area contributed by atoms with Crippen molar-refractivity contribution in [2.75, 3.05) is 0 Å². The molecule has 0 saturated carbocycles. The Morgan fingerprint density at radius 3 is 2.84 bits per heavy atom. The molecule has 100 valence electrons. The summed E-state index contributed by atoms with van der Waals surface area (Å²) in [5, 5.41) is 18.5. The van der Waals surface area contributed by atoms with Gasteiger partial charge in [-0.3, -0.25) is 10.1 Å². The number of halogens is 2. The quantitative estimate of drug-likeness (QED) is 0.492. The first kappa shape index (κ1) is 13.8. The molecular weight excluding hydrogens is 291 g/mol. The number of non-ortho nitro benzene ring substituents is 1. The molecule has 1 aromatic carbocycles. The number of aromatic nitrogens is 3. The van der Waals surface area contributed by atoms with Gasteiger partial charge in [0.1, 0.15) is 5.69 Å². The lowest BCUT2D eigenvalue weighted by Gasteiger charge is -2.03. The van der Waals surface area contributed by atoms with E-state index in [4.69, 9.17) is 23.2 Å². The van der Waals surface area contributed by atoms with Crippen LogP contribution >= 0.6 is 23.2 Å². The van der Waals surface area contributed by atoms with Crippen molar-refractivity contribution in [3.63, 3.8) is 0 Å². The van der Waals surface area contributed by atoms with Crippen LogP contribution in [0.5, 0.6) is 0 Å². The van der Waals surface area contributed by atoms with Gasteiger partial charge in [-0.25, -0.2) is 4.68 Å². The van der Waals surface area contributed by atoms with Gasteiger partial charge in [-0.1, -0.05) is 23.7 Å². The minimum atomic E-state index is -0.506. The maximum atomic E-state index is 10.6. The SMILES string of the molecule is CCC(Cl)c1cn(-c2ccc([N+](=O)[O-])cc2Cl)nn1. The molecule has 1 unspecified atom stereocenters. The Balaban J connectivity index is 2.37. The summed E-state index contributed by atoms with van der Waals surface area (Å²) in [4.78, 5) is 10.1. The Labute approximate surface area is 119 Å². The number of rotatable bonds is 4. The van der Waals surface area contributed by atoms with E-state index in [-0.39, 0.29) is 16.1 Å². The third-order valence-electron chi connectivity index (χ3n) is 2.58. The van der Waals surface area contributed by atoms with Crippen LogP contribution in [0.2, 0.25) is 5.02 Å². The van der Waals surface area contributed by atoms with E-state index in [1.54, 1.807) is 6.20 Å². The first-order chi connectivity index (χ1) is 9.02. The number of alkyl halides is 1. The summed E-state index contributed by atoms with van der Waals surface area (Å²) in [7, 11) is 0. The predicted octanol–water partition coefficient (Wildman–Crippen LogP) is 3.52. The fourth-order valence-electron chi connectivity index (χ4n) is 1.54. The van der Waals surface area contributed by atoms with Crippen LogP contribution in [-0.2, 0) is 0 Å². The molecule has 0 spiro atoms. The highest BCUT2D eigenvalue weighted by atomic mass is 35.5. The molecular formula is C11H10Cl2N4O2. The van der Waals surface area contributed by atoms with E-state index in [0.29, 0.717) is 11.4 Å². The summed E-state index contributed by atoms with van der Waals surface area (Å²) in [5.41, 5.74) is 1.09. The van der Waals surface area contributed by atoms with E-state index in [0.717, 1.165) is 6.42 Å². The molecule has 6 nitrogen and oxygen atoms in total. The van der Waals surface area contributed by atoms with Crippen LogP contribution in [0.1, 0.15) is 24.4 Å². The van der Waals surface area contributed by atoms with E-state index in [9.17, 15) is 10.1 Å². The fourth-order valence-corrected chi connectivity index (χ4v) is 1.90. The monoisotopic (exact) mass is 300 g/mol. The third kappa shape index (κ3) is 2.85. The maximum absolute atomic E-state index is 10.6. The number of benzene rings is 1. The molecule has 0 aliphatic heterocycles. The Bertz CT molecular complexity index is 614. The van der Waals surface area contributed by atoms with Crippen LogP contribution in [-0.4, -0.2) is 19.9 Å². The summed E-state index contributed by atoms with van der Waals surface area (Å²) < 4.78 is 1.45. The van der Waals surface area contributed by atoms with Gasteiger partial charge in [-0.15, -0.1) is 16.7 Å². The zero-order chi connectivity index (χ0) is 14.0. The number of nitro groups is 1. The molecule has 8 heteroatoms. The van der Waals surface area contributed by atoms with Crippen molar-refractivity contribution in [2.45, 2.75) is 18.7 Å². The van der Waals surface area contributed by atoms with Gasteiger partial charge in [-0.05, 0) is 12.5 Å². The van der Waals surface area contributed by atoms with Crippen molar-refractivity contribution in [3.05, 3.63) is 45.2 Å². The van der Waals surface area contributed by atoms with Crippen molar-refractivity contribution in [1.29, 1.82) is 0 Å². The second-order valence-corrected chi connectivity index (χ2v) is 4.79. The normalized spacial score (nSPS) is 12.4. The van der Waals surface area contributed by atoms with E-state index < -0.39 is 4.92 Å². The molecule has 0 fully saturated rings. The topological polar surface area (TPSA) is 73.8 Å². The lowest BCUT2D eigenvalue weighted by Crippen LogP contribution is -1.97. The van der Waals surface area contributed by atoms with Gasteiger partial charge >= 0.3 is 0 Å². The van der Waals surface area contributed by atoms with Gasteiger partial charge in [-0.2, -0.15) is 0 Å². The van der Waals surface area contributed by atoms with E-state index in [1.165, 1.54) is 22.9 Å². The molecule has 0 amide bonds. The molecule has 0 aliphatic carbocycles. The number of nitrogens with zero attached hydrogens (tertiary/aromatic N) is 4. The Morgan fingerprint density at radius 2 is 2.26 bits per heavy atom. The summed E-state index contributed by atoms with van der Waals surface area (Å²) in [6.07, 6.45) is 2.39.